The molecule has 2 aromatic rings. The van der Waals surface area contributed by atoms with Crippen LogP contribution in [0.2, 0.25) is 0 Å². The Morgan fingerprint density at radius 3 is 2.76 bits per heavy atom. The van der Waals surface area contributed by atoms with E-state index in [9.17, 15) is 22.3 Å². The van der Waals surface area contributed by atoms with Crippen LogP contribution in [0, 0.1) is 0 Å². The molecule has 1 saturated heterocycles. The summed E-state index contributed by atoms with van der Waals surface area (Å²) in [6.07, 6.45) is -0.818. The number of aromatic nitrogens is 2. The molecule has 1 unspecified atom stereocenters. The molecule has 1 aromatic carbocycles. The number of halogens is 2. The second kappa shape index (κ2) is 5.93. The number of aliphatic hydroxyl groups is 1. The Kier molecular flexibility index (Phi) is 3.85. The number of sulfone groups is 1. The first-order valence-electron chi connectivity index (χ1n) is 9.45. The minimum atomic E-state index is -3.52. The van der Waals surface area contributed by atoms with Crippen molar-refractivity contribution in [3.05, 3.63) is 35.0 Å². The lowest BCUT2D eigenvalue weighted by Gasteiger charge is -2.43. The van der Waals surface area contributed by atoms with Gasteiger partial charge < -0.3 is 15.7 Å². The summed E-state index contributed by atoms with van der Waals surface area (Å²) in [5, 5.41) is 9.79. The van der Waals surface area contributed by atoms with E-state index >= 15 is 0 Å². The van der Waals surface area contributed by atoms with E-state index in [4.69, 9.17) is 5.73 Å². The summed E-state index contributed by atoms with van der Waals surface area (Å²) in [4.78, 5) is 10.5. The van der Waals surface area contributed by atoms with Crippen molar-refractivity contribution >= 4 is 15.8 Å². The Morgan fingerprint density at radius 2 is 2.07 bits per heavy atom. The Balaban J connectivity index is 1.69. The van der Waals surface area contributed by atoms with Crippen molar-refractivity contribution in [1.82, 2.24) is 9.97 Å². The standard InChI is InChI=1S/C19H20F2N4O3S/c1-9-14(26)7-25(9)18-23-16(12-4-5-19(20,21)17(12)24-18)10-2-3-11-13(22)8-29(27,28)15(11)6-10/h2-3,6,9,13-14,26H,4-5,7-8,22H2,1H3/t9-,13?,14+/m0/s1. The molecule has 3 heterocycles. The molecule has 0 radical (unpaired) electrons. The van der Waals surface area contributed by atoms with Gasteiger partial charge >= 0.3 is 0 Å². The molecule has 3 N–H and O–H groups in total. The summed E-state index contributed by atoms with van der Waals surface area (Å²) < 4.78 is 53.8. The average molecular weight is 422 g/mol. The monoisotopic (exact) mass is 422 g/mol. The van der Waals surface area contributed by atoms with Gasteiger partial charge in [0.1, 0.15) is 5.69 Å². The largest absolute Gasteiger partial charge is 0.389 e. The number of β-amino-alcohol motifs (C(OH)–C–C–N with tert-alkyl or cyclic N) is 1. The summed E-state index contributed by atoms with van der Waals surface area (Å²) >= 11 is 0. The van der Waals surface area contributed by atoms with Gasteiger partial charge in [-0.15, -0.1) is 0 Å². The molecule has 0 amide bonds. The molecule has 3 atom stereocenters. The summed E-state index contributed by atoms with van der Waals surface area (Å²) in [7, 11) is -3.52. The van der Waals surface area contributed by atoms with Gasteiger partial charge in [0, 0.05) is 30.1 Å². The first kappa shape index (κ1) is 18.8. The van der Waals surface area contributed by atoms with E-state index in [2.05, 4.69) is 9.97 Å². The third-order valence-electron chi connectivity index (χ3n) is 6.14. The Labute approximate surface area is 166 Å². The number of alkyl halides is 2. The van der Waals surface area contributed by atoms with Crippen molar-refractivity contribution in [3.63, 3.8) is 0 Å². The number of hydrogen-bond donors (Lipinski definition) is 2. The SMILES string of the molecule is C[C@H]1[C@H](O)CN1c1nc(-c2ccc3c(c2)S(=O)(=O)CC3N)c2c(n1)C(F)(F)CC2. The number of aliphatic hydroxyl groups excluding tert-OH is 1. The van der Waals surface area contributed by atoms with Crippen LogP contribution in [0.1, 0.15) is 36.2 Å². The Morgan fingerprint density at radius 1 is 1.31 bits per heavy atom. The lowest BCUT2D eigenvalue weighted by molar-refractivity contribution is -0.00603. The van der Waals surface area contributed by atoms with Gasteiger partial charge in [0.05, 0.1) is 28.5 Å². The van der Waals surface area contributed by atoms with E-state index in [1.54, 1.807) is 24.0 Å². The normalized spacial score (nSPS) is 28.7. The van der Waals surface area contributed by atoms with Crippen molar-refractivity contribution in [2.75, 3.05) is 17.2 Å². The van der Waals surface area contributed by atoms with Crippen LogP contribution in [0.15, 0.2) is 23.1 Å². The minimum Gasteiger partial charge on any atom is -0.389 e. The fourth-order valence-electron chi connectivity index (χ4n) is 4.31. The summed E-state index contributed by atoms with van der Waals surface area (Å²) in [5.74, 6) is -3.11. The molecule has 10 heteroatoms. The average Bonchev–Trinajstić information content (AvgIpc) is 3.10. The first-order valence-corrected chi connectivity index (χ1v) is 11.1. The molecule has 7 nitrogen and oxygen atoms in total. The van der Waals surface area contributed by atoms with Crippen LogP contribution in [-0.4, -0.2) is 47.9 Å². The van der Waals surface area contributed by atoms with Crippen LogP contribution < -0.4 is 10.6 Å². The maximum Gasteiger partial charge on any atom is 0.290 e. The van der Waals surface area contributed by atoms with Crippen LogP contribution in [-0.2, 0) is 22.2 Å². The fraction of sp³-hybridized carbons (Fsp3) is 0.474. The smallest absolute Gasteiger partial charge is 0.290 e. The molecule has 2 aliphatic heterocycles. The molecule has 3 aliphatic rings. The zero-order valence-electron chi connectivity index (χ0n) is 15.6. The fourth-order valence-corrected chi connectivity index (χ4v) is 6.02. The number of nitrogens with two attached hydrogens (primary N) is 1. The van der Waals surface area contributed by atoms with Crippen molar-refractivity contribution in [3.8, 4) is 11.3 Å². The predicted octanol–water partition coefficient (Wildman–Crippen LogP) is 1.54. The highest BCUT2D eigenvalue weighted by Gasteiger charge is 2.45. The minimum absolute atomic E-state index is 0.111. The van der Waals surface area contributed by atoms with Gasteiger partial charge in [-0.2, -0.15) is 8.78 Å². The van der Waals surface area contributed by atoms with Gasteiger partial charge in [-0.25, -0.2) is 18.4 Å². The molecule has 0 bridgehead atoms. The van der Waals surface area contributed by atoms with E-state index in [1.807, 2.05) is 0 Å². The van der Waals surface area contributed by atoms with Gasteiger partial charge in [0.2, 0.25) is 5.95 Å². The molecule has 0 spiro atoms. The van der Waals surface area contributed by atoms with Gasteiger partial charge in [-0.05, 0) is 25.0 Å². The molecular formula is C19H20F2N4O3S. The maximum absolute atomic E-state index is 14.5. The quantitative estimate of drug-likeness (QED) is 0.755. The van der Waals surface area contributed by atoms with E-state index < -0.39 is 27.9 Å². The molecular weight excluding hydrogens is 402 g/mol. The number of nitrogens with zero attached hydrogens (tertiary/aromatic N) is 3. The van der Waals surface area contributed by atoms with Crippen molar-refractivity contribution in [1.29, 1.82) is 0 Å². The zero-order chi connectivity index (χ0) is 20.7. The first-order chi connectivity index (χ1) is 13.6. The second-order valence-electron chi connectivity index (χ2n) is 8.00. The molecule has 29 heavy (non-hydrogen) atoms. The molecule has 1 aliphatic carbocycles. The number of hydrogen-bond acceptors (Lipinski definition) is 7. The Hall–Kier alpha value is -2.17. The van der Waals surface area contributed by atoms with Gasteiger partial charge in [0.25, 0.3) is 5.92 Å². The lowest BCUT2D eigenvalue weighted by atomic mass is 10.0. The maximum atomic E-state index is 14.5. The van der Waals surface area contributed by atoms with E-state index in [-0.39, 0.29) is 47.7 Å². The number of fused-ring (bicyclic) bond motifs is 2. The topological polar surface area (TPSA) is 109 Å². The number of benzene rings is 1. The molecule has 154 valence electrons. The number of anilines is 1. The molecule has 0 saturated carbocycles. The second-order valence-corrected chi connectivity index (χ2v) is 10.0. The zero-order valence-corrected chi connectivity index (χ0v) is 16.5. The summed E-state index contributed by atoms with van der Waals surface area (Å²) in [6, 6.07) is 3.92. The third-order valence-corrected chi connectivity index (χ3v) is 7.96. The predicted molar refractivity (Wildman–Crippen MR) is 101 cm³/mol. The van der Waals surface area contributed by atoms with Crippen molar-refractivity contribution in [2.24, 2.45) is 5.73 Å². The van der Waals surface area contributed by atoms with Crippen LogP contribution in [0.5, 0.6) is 0 Å². The third kappa shape index (κ3) is 2.69. The Bertz CT molecular complexity index is 1140. The van der Waals surface area contributed by atoms with Gasteiger partial charge in [-0.3, -0.25) is 0 Å². The van der Waals surface area contributed by atoms with Gasteiger partial charge in [0.15, 0.2) is 9.84 Å². The van der Waals surface area contributed by atoms with Crippen LogP contribution in [0.4, 0.5) is 14.7 Å². The van der Waals surface area contributed by atoms with E-state index in [0.29, 0.717) is 22.4 Å². The number of rotatable bonds is 2. The highest BCUT2D eigenvalue weighted by atomic mass is 32.2. The summed E-state index contributed by atoms with van der Waals surface area (Å²) in [5.41, 5.74) is 7.24. The van der Waals surface area contributed by atoms with Crippen molar-refractivity contribution < 1.29 is 22.3 Å². The molecule has 1 fully saturated rings. The van der Waals surface area contributed by atoms with Crippen molar-refractivity contribution in [2.45, 2.75) is 48.8 Å². The van der Waals surface area contributed by atoms with Crippen LogP contribution >= 0.6 is 0 Å². The van der Waals surface area contributed by atoms with Crippen LogP contribution in [0.3, 0.4) is 0 Å². The molecule has 5 rings (SSSR count). The lowest BCUT2D eigenvalue weighted by Crippen LogP contribution is -2.59. The highest BCUT2D eigenvalue weighted by Crippen LogP contribution is 2.45. The highest BCUT2D eigenvalue weighted by molar-refractivity contribution is 7.91. The van der Waals surface area contributed by atoms with Gasteiger partial charge in [-0.1, -0.05) is 12.1 Å². The van der Waals surface area contributed by atoms with E-state index in [0.717, 1.165) is 0 Å². The van der Waals surface area contributed by atoms with E-state index in [1.165, 1.54) is 6.07 Å². The van der Waals surface area contributed by atoms with Crippen LogP contribution in [0.25, 0.3) is 11.3 Å². The molecule has 1 aromatic heterocycles. The summed E-state index contributed by atoms with van der Waals surface area (Å²) in [6.45, 7) is 2.03.